The fourth-order valence-corrected chi connectivity index (χ4v) is 0.644. The fraction of sp³-hybridized carbons (Fsp3) is 0.800. The van der Waals surface area contributed by atoms with E-state index in [4.69, 9.17) is 10.8 Å². The molecule has 0 spiro atoms. The van der Waals surface area contributed by atoms with Gasteiger partial charge in [0.2, 0.25) is 5.91 Å². The Morgan fingerprint density at radius 3 is 2.38 bits per heavy atom. The molecule has 1 aliphatic carbocycles. The maximum absolute atomic E-state index is 10.2. The molecular weight excluding hydrogens is 106 g/mol. The highest BCUT2D eigenvalue weighted by Crippen LogP contribution is 2.32. The second kappa shape index (κ2) is 1.74. The minimum Gasteiger partial charge on any atom is -0.383 e. The molecule has 0 aromatic carbocycles. The molecule has 0 saturated heterocycles. The lowest BCUT2D eigenvalue weighted by Gasteiger charge is -1.99. The summed E-state index contributed by atoms with van der Waals surface area (Å²) in [4.78, 5) is 10.2. The zero-order valence-corrected chi connectivity index (χ0v) is 4.50. The van der Waals surface area contributed by atoms with Crippen LogP contribution in [0.2, 0.25) is 0 Å². The van der Waals surface area contributed by atoms with Crippen molar-refractivity contribution in [3.05, 3.63) is 0 Å². The van der Waals surface area contributed by atoms with Gasteiger partial charge in [0.05, 0.1) is 0 Å². The standard InChI is InChI=1S/C5H9NO2/c6-5(8)4(7)3-1-2-3/h3-4,7H,1-2H2,(H2,6,8)/t4-/m1/s1. The number of carbonyl (C=O) groups is 1. The van der Waals surface area contributed by atoms with Gasteiger partial charge in [-0.1, -0.05) is 0 Å². The molecule has 0 aliphatic heterocycles. The van der Waals surface area contributed by atoms with Crippen LogP contribution < -0.4 is 5.73 Å². The van der Waals surface area contributed by atoms with E-state index < -0.39 is 12.0 Å². The Hall–Kier alpha value is -0.570. The van der Waals surface area contributed by atoms with Crippen LogP contribution in [0.3, 0.4) is 0 Å². The van der Waals surface area contributed by atoms with Crippen molar-refractivity contribution >= 4 is 5.91 Å². The van der Waals surface area contributed by atoms with E-state index in [-0.39, 0.29) is 5.92 Å². The normalized spacial score (nSPS) is 22.6. The van der Waals surface area contributed by atoms with Crippen LogP contribution in [0.4, 0.5) is 0 Å². The average Bonchev–Trinajstić information content (AvgIpc) is 2.43. The molecule has 3 heteroatoms. The lowest BCUT2D eigenvalue weighted by Crippen LogP contribution is -2.29. The Balaban J connectivity index is 2.32. The van der Waals surface area contributed by atoms with Crippen molar-refractivity contribution in [2.45, 2.75) is 18.9 Å². The summed E-state index contributed by atoms with van der Waals surface area (Å²) in [5, 5.41) is 8.79. The molecule has 0 unspecified atom stereocenters. The van der Waals surface area contributed by atoms with Crippen LogP contribution >= 0.6 is 0 Å². The van der Waals surface area contributed by atoms with Crippen LogP contribution in [0.1, 0.15) is 12.8 Å². The van der Waals surface area contributed by atoms with Crippen LogP contribution in [0.15, 0.2) is 0 Å². The molecule has 3 N–H and O–H groups in total. The van der Waals surface area contributed by atoms with Crippen LogP contribution in [0.5, 0.6) is 0 Å². The summed E-state index contributed by atoms with van der Waals surface area (Å²) in [7, 11) is 0. The molecule has 3 nitrogen and oxygen atoms in total. The van der Waals surface area contributed by atoms with Crippen molar-refractivity contribution in [1.29, 1.82) is 0 Å². The van der Waals surface area contributed by atoms with Crippen LogP contribution in [-0.2, 0) is 4.79 Å². The fourth-order valence-electron chi connectivity index (χ4n) is 0.644. The largest absolute Gasteiger partial charge is 0.383 e. The topological polar surface area (TPSA) is 63.3 Å². The van der Waals surface area contributed by atoms with E-state index in [9.17, 15) is 4.79 Å². The molecule has 1 aliphatic rings. The third kappa shape index (κ3) is 0.980. The Labute approximate surface area is 47.5 Å². The lowest BCUT2D eigenvalue weighted by atomic mass is 10.2. The van der Waals surface area contributed by atoms with Gasteiger partial charge in [-0.3, -0.25) is 4.79 Å². The smallest absolute Gasteiger partial charge is 0.246 e. The summed E-state index contributed by atoms with van der Waals surface area (Å²) in [6, 6.07) is 0. The number of amides is 1. The zero-order chi connectivity index (χ0) is 6.15. The van der Waals surface area contributed by atoms with Crippen molar-refractivity contribution < 1.29 is 9.90 Å². The molecule has 8 heavy (non-hydrogen) atoms. The Bertz CT molecular complexity index is 109. The average molecular weight is 115 g/mol. The van der Waals surface area contributed by atoms with E-state index in [1.165, 1.54) is 0 Å². The maximum atomic E-state index is 10.2. The molecule has 0 heterocycles. The minimum absolute atomic E-state index is 0.174. The summed E-state index contributed by atoms with van der Waals surface area (Å²) < 4.78 is 0. The van der Waals surface area contributed by atoms with Gasteiger partial charge >= 0.3 is 0 Å². The molecule has 46 valence electrons. The van der Waals surface area contributed by atoms with Crippen molar-refractivity contribution in [2.24, 2.45) is 11.7 Å². The molecule has 0 radical (unpaired) electrons. The van der Waals surface area contributed by atoms with Crippen molar-refractivity contribution in [2.75, 3.05) is 0 Å². The van der Waals surface area contributed by atoms with Gasteiger partial charge < -0.3 is 10.8 Å². The van der Waals surface area contributed by atoms with Crippen LogP contribution in [-0.4, -0.2) is 17.1 Å². The quantitative estimate of drug-likeness (QED) is 0.497. The van der Waals surface area contributed by atoms with Crippen LogP contribution in [0, 0.1) is 5.92 Å². The Kier molecular flexibility index (Phi) is 1.21. The highest BCUT2D eigenvalue weighted by molar-refractivity contribution is 5.79. The molecule has 0 aromatic heterocycles. The number of aliphatic hydroxyl groups excluding tert-OH is 1. The number of hydrogen-bond acceptors (Lipinski definition) is 2. The SMILES string of the molecule is NC(=O)[C@H](O)C1CC1. The van der Waals surface area contributed by atoms with Crippen molar-refractivity contribution in [3.63, 3.8) is 0 Å². The first-order valence-corrected chi connectivity index (χ1v) is 2.69. The van der Waals surface area contributed by atoms with E-state index in [2.05, 4.69) is 0 Å². The lowest BCUT2D eigenvalue weighted by molar-refractivity contribution is -0.126. The number of hydrogen-bond donors (Lipinski definition) is 2. The second-order valence-electron chi connectivity index (χ2n) is 2.18. The second-order valence-corrected chi connectivity index (χ2v) is 2.18. The molecule has 1 atom stereocenters. The summed E-state index contributed by atoms with van der Waals surface area (Å²) in [6.45, 7) is 0. The number of rotatable bonds is 2. The monoisotopic (exact) mass is 115 g/mol. The summed E-state index contributed by atoms with van der Waals surface area (Å²) in [5.41, 5.74) is 4.79. The van der Waals surface area contributed by atoms with Crippen LogP contribution in [0.25, 0.3) is 0 Å². The summed E-state index contributed by atoms with van der Waals surface area (Å²) in [6.07, 6.45) is 1.02. The first-order valence-electron chi connectivity index (χ1n) is 2.69. The van der Waals surface area contributed by atoms with E-state index in [0.717, 1.165) is 12.8 Å². The first-order chi connectivity index (χ1) is 3.72. The number of nitrogens with two attached hydrogens (primary N) is 1. The predicted octanol–water partition coefficient (Wildman–Crippen LogP) is -0.757. The van der Waals surface area contributed by atoms with Gasteiger partial charge in [0.1, 0.15) is 6.10 Å². The Morgan fingerprint density at radius 1 is 1.75 bits per heavy atom. The number of primary amides is 1. The van der Waals surface area contributed by atoms with Gasteiger partial charge in [-0.15, -0.1) is 0 Å². The van der Waals surface area contributed by atoms with Crippen molar-refractivity contribution in [1.82, 2.24) is 0 Å². The molecule has 1 fully saturated rings. The first kappa shape index (κ1) is 5.56. The van der Waals surface area contributed by atoms with Gasteiger partial charge in [-0.2, -0.15) is 0 Å². The van der Waals surface area contributed by atoms with Gasteiger partial charge in [0.15, 0.2) is 0 Å². The third-order valence-corrected chi connectivity index (χ3v) is 1.36. The number of carbonyl (C=O) groups excluding carboxylic acids is 1. The minimum atomic E-state index is -0.880. The van der Waals surface area contributed by atoms with Crippen molar-refractivity contribution in [3.8, 4) is 0 Å². The van der Waals surface area contributed by atoms with E-state index >= 15 is 0 Å². The maximum Gasteiger partial charge on any atom is 0.246 e. The van der Waals surface area contributed by atoms with E-state index in [0.29, 0.717) is 0 Å². The van der Waals surface area contributed by atoms with E-state index in [1.54, 1.807) is 0 Å². The summed E-state index contributed by atoms with van der Waals surface area (Å²) >= 11 is 0. The van der Waals surface area contributed by atoms with Gasteiger partial charge in [-0.25, -0.2) is 0 Å². The molecule has 1 saturated carbocycles. The van der Waals surface area contributed by atoms with Gasteiger partial charge in [0, 0.05) is 0 Å². The highest BCUT2D eigenvalue weighted by Gasteiger charge is 2.32. The summed E-state index contributed by atoms with van der Waals surface area (Å²) in [5.74, 6) is -0.417. The molecule has 1 rings (SSSR count). The zero-order valence-electron chi connectivity index (χ0n) is 4.50. The molecule has 1 amide bonds. The third-order valence-electron chi connectivity index (χ3n) is 1.36. The number of aliphatic hydroxyl groups is 1. The molecular formula is C5H9NO2. The predicted molar refractivity (Wildman–Crippen MR) is 27.9 cm³/mol. The molecule has 0 bridgehead atoms. The van der Waals surface area contributed by atoms with E-state index in [1.807, 2.05) is 0 Å². The van der Waals surface area contributed by atoms with Gasteiger partial charge in [-0.05, 0) is 18.8 Å². The molecule has 0 aromatic rings. The van der Waals surface area contributed by atoms with Gasteiger partial charge in [0.25, 0.3) is 0 Å². The highest BCUT2D eigenvalue weighted by atomic mass is 16.3. The Morgan fingerprint density at radius 2 is 2.25 bits per heavy atom.